The molecule has 2 heterocycles. The third kappa shape index (κ3) is 8.03. The fraction of sp³-hybridized carbons (Fsp3) is 0.242. The van der Waals surface area contributed by atoms with Gasteiger partial charge in [0.05, 0.1) is 57.0 Å². The van der Waals surface area contributed by atoms with Crippen molar-refractivity contribution in [2.45, 2.75) is 6.54 Å². The second-order valence-corrected chi connectivity index (χ2v) is 9.98. The summed E-state index contributed by atoms with van der Waals surface area (Å²) < 4.78 is 30.0. The third-order valence-corrected chi connectivity index (χ3v) is 7.00. The molecule has 232 valence electrons. The van der Waals surface area contributed by atoms with Crippen LogP contribution < -0.4 is 21.1 Å². The van der Waals surface area contributed by atoms with Crippen LogP contribution in [-0.4, -0.2) is 68.3 Å². The number of ketones is 1. The number of nitrogens with one attached hydrogen (secondary N) is 2. The van der Waals surface area contributed by atoms with Gasteiger partial charge in [-0.2, -0.15) is 5.26 Å². The number of benzene rings is 3. The first-order valence-electron chi connectivity index (χ1n) is 14.1. The predicted octanol–water partition coefficient (Wildman–Crippen LogP) is 3.78. The Morgan fingerprint density at radius 1 is 1.02 bits per heavy atom. The number of nitrogens with zero attached hydrogens (tertiary/aromatic N) is 4. The van der Waals surface area contributed by atoms with Crippen LogP contribution in [-0.2, 0) is 16.1 Å². The molecule has 0 bridgehead atoms. The Morgan fingerprint density at radius 3 is 2.44 bits per heavy atom. The Bertz CT molecular complexity index is 1760. The standard InChI is InChI=1S/C32H29FN6O4.CH3F/c1-35-19-29(40)37-31-32(42)39(28(18-36-31)24-4-2-3-21(13-24)17-34)20-22-14-25(30(41)23-5-7-26(33)8-6-23)16-27(15-22)38-9-11-43-12-10-38;1-2/h2-8,13-16,18,35H,9-12,19-20H2,1H3,(H,36,37,40);1H3. The Hall–Kier alpha value is -5.25. The maximum absolute atomic E-state index is 13.8. The van der Waals surface area contributed by atoms with Gasteiger partial charge in [-0.3, -0.25) is 23.3 Å². The summed E-state index contributed by atoms with van der Waals surface area (Å²) in [6.07, 6.45) is 1.48. The van der Waals surface area contributed by atoms with Crippen molar-refractivity contribution in [3.8, 4) is 17.3 Å². The second kappa shape index (κ2) is 15.5. The maximum Gasteiger partial charge on any atom is 0.294 e. The lowest BCUT2D eigenvalue weighted by Crippen LogP contribution is -2.36. The van der Waals surface area contributed by atoms with Gasteiger partial charge in [-0.15, -0.1) is 0 Å². The summed E-state index contributed by atoms with van der Waals surface area (Å²) in [5.74, 6) is -1.31. The van der Waals surface area contributed by atoms with E-state index in [0.29, 0.717) is 67.0 Å². The first-order chi connectivity index (χ1) is 21.9. The van der Waals surface area contributed by atoms with E-state index in [1.165, 1.54) is 35.0 Å². The first-order valence-corrected chi connectivity index (χ1v) is 14.1. The van der Waals surface area contributed by atoms with Crippen LogP contribution in [0.5, 0.6) is 0 Å². The Morgan fingerprint density at radius 2 is 1.76 bits per heavy atom. The molecule has 3 aromatic carbocycles. The van der Waals surface area contributed by atoms with E-state index in [2.05, 4.69) is 26.6 Å². The minimum Gasteiger partial charge on any atom is -0.378 e. The minimum atomic E-state index is -0.549. The summed E-state index contributed by atoms with van der Waals surface area (Å²) in [6, 6.07) is 19.6. The van der Waals surface area contributed by atoms with E-state index < -0.39 is 17.3 Å². The maximum atomic E-state index is 13.8. The van der Waals surface area contributed by atoms with Crippen molar-refractivity contribution >= 4 is 23.2 Å². The van der Waals surface area contributed by atoms with E-state index in [0.717, 1.165) is 5.69 Å². The molecule has 1 amide bonds. The highest BCUT2D eigenvalue weighted by atomic mass is 19.1. The van der Waals surface area contributed by atoms with Gasteiger partial charge in [-0.1, -0.05) is 12.1 Å². The van der Waals surface area contributed by atoms with Gasteiger partial charge in [-0.25, -0.2) is 9.37 Å². The average Bonchev–Trinajstić information content (AvgIpc) is 3.08. The number of aromatic nitrogens is 2. The molecule has 1 fully saturated rings. The summed E-state index contributed by atoms with van der Waals surface area (Å²) in [5.41, 5.74) is 3.01. The highest BCUT2D eigenvalue weighted by Crippen LogP contribution is 2.26. The molecule has 5 rings (SSSR count). The molecule has 1 aliphatic rings. The highest BCUT2D eigenvalue weighted by molar-refractivity contribution is 6.09. The van der Waals surface area contributed by atoms with Gasteiger partial charge < -0.3 is 20.3 Å². The fourth-order valence-electron chi connectivity index (χ4n) is 4.90. The van der Waals surface area contributed by atoms with Gasteiger partial charge in [0.2, 0.25) is 5.91 Å². The number of likely N-dealkylation sites (N-methyl/N-ethyl adjacent to an activating group) is 1. The number of morpholine rings is 1. The molecule has 0 saturated carbocycles. The van der Waals surface area contributed by atoms with Crippen molar-refractivity contribution < 1.29 is 23.1 Å². The molecule has 0 unspecified atom stereocenters. The van der Waals surface area contributed by atoms with Crippen LogP contribution in [0.15, 0.2) is 77.7 Å². The quantitative estimate of drug-likeness (QED) is 0.273. The topological polar surface area (TPSA) is 129 Å². The number of halogens is 2. The van der Waals surface area contributed by atoms with Gasteiger partial charge in [0.25, 0.3) is 5.56 Å². The Balaban J connectivity index is 0.00000226. The van der Waals surface area contributed by atoms with Crippen molar-refractivity contribution in [2.24, 2.45) is 0 Å². The van der Waals surface area contributed by atoms with Crippen LogP contribution in [0.1, 0.15) is 27.0 Å². The fourth-order valence-corrected chi connectivity index (χ4v) is 4.90. The van der Waals surface area contributed by atoms with Crippen LogP contribution in [0.3, 0.4) is 0 Å². The van der Waals surface area contributed by atoms with Crippen LogP contribution in [0.2, 0.25) is 0 Å². The zero-order valence-electron chi connectivity index (χ0n) is 24.8. The summed E-state index contributed by atoms with van der Waals surface area (Å²) >= 11 is 0. The molecule has 0 atom stereocenters. The zero-order valence-corrected chi connectivity index (χ0v) is 24.8. The van der Waals surface area contributed by atoms with Crippen molar-refractivity contribution in [3.63, 3.8) is 0 Å². The van der Waals surface area contributed by atoms with Gasteiger partial charge in [0.1, 0.15) is 5.82 Å². The summed E-state index contributed by atoms with van der Waals surface area (Å²) in [4.78, 5) is 46.0. The molecule has 10 nitrogen and oxygen atoms in total. The first kappa shape index (κ1) is 32.7. The Labute approximate surface area is 258 Å². The molecule has 1 aromatic heterocycles. The number of anilines is 2. The van der Waals surface area contributed by atoms with Gasteiger partial charge >= 0.3 is 0 Å². The minimum absolute atomic E-state index is 0.0104. The van der Waals surface area contributed by atoms with E-state index in [1.807, 2.05) is 6.07 Å². The number of rotatable bonds is 9. The number of nitriles is 1. The van der Waals surface area contributed by atoms with E-state index in [1.54, 1.807) is 43.4 Å². The number of hydrogen-bond donors (Lipinski definition) is 2. The number of hydrogen-bond acceptors (Lipinski definition) is 8. The lowest BCUT2D eigenvalue weighted by atomic mass is 9.99. The van der Waals surface area contributed by atoms with Gasteiger partial charge in [-0.05, 0) is 67.2 Å². The number of alkyl halides is 1. The normalized spacial score (nSPS) is 12.5. The zero-order chi connectivity index (χ0) is 32.3. The average molecular weight is 615 g/mol. The summed E-state index contributed by atoms with van der Waals surface area (Å²) in [7, 11) is 2.11. The van der Waals surface area contributed by atoms with E-state index >= 15 is 0 Å². The smallest absolute Gasteiger partial charge is 0.294 e. The van der Waals surface area contributed by atoms with Crippen molar-refractivity contribution in [2.75, 3.05) is 57.3 Å². The lowest BCUT2D eigenvalue weighted by molar-refractivity contribution is -0.115. The number of carbonyl (C=O) groups is 2. The molecular formula is C33H32F2N6O4. The van der Waals surface area contributed by atoms with Crippen LogP contribution in [0, 0.1) is 17.1 Å². The molecule has 1 saturated heterocycles. The number of ether oxygens (including phenoxy) is 1. The molecule has 0 spiro atoms. The predicted molar refractivity (Wildman–Crippen MR) is 167 cm³/mol. The van der Waals surface area contributed by atoms with Gasteiger partial charge in [0.15, 0.2) is 11.6 Å². The largest absolute Gasteiger partial charge is 0.378 e. The summed E-state index contributed by atoms with van der Waals surface area (Å²) in [6.45, 7) is 2.33. The molecule has 2 N–H and O–H groups in total. The molecule has 4 aromatic rings. The molecule has 45 heavy (non-hydrogen) atoms. The van der Waals surface area contributed by atoms with Crippen molar-refractivity contribution in [3.05, 3.63) is 111 Å². The molecular weight excluding hydrogens is 582 g/mol. The number of carbonyl (C=O) groups excluding carboxylic acids is 2. The van der Waals surface area contributed by atoms with Gasteiger partial charge in [0, 0.05) is 35.5 Å². The highest BCUT2D eigenvalue weighted by Gasteiger charge is 2.19. The lowest BCUT2D eigenvalue weighted by Gasteiger charge is -2.29. The SMILES string of the molecule is CF.CNCC(=O)Nc1ncc(-c2cccc(C#N)c2)n(Cc2cc(C(=O)c3ccc(F)cc3)cc(N3CCOCC3)c2)c1=O. The Kier molecular flexibility index (Phi) is 11.2. The molecule has 12 heteroatoms. The van der Waals surface area contributed by atoms with Crippen molar-refractivity contribution in [1.82, 2.24) is 14.9 Å². The van der Waals surface area contributed by atoms with Crippen LogP contribution in [0.25, 0.3) is 11.3 Å². The van der Waals surface area contributed by atoms with Crippen LogP contribution in [0.4, 0.5) is 20.3 Å². The molecule has 0 radical (unpaired) electrons. The second-order valence-electron chi connectivity index (χ2n) is 9.98. The van der Waals surface area contributed by atoms with Crippen LogP contribution >= 0.6 is 0 Å². The van der Waals surface area contributed by atoms with Crippen molar-refractivity contribution in [1.29, 1.82) is 5.26 Å². The van der Waals surface area contributed by atoms with E-state index in [9.17, 15) is 28.4 Å². The monoisotopic (exact) mass is 614 g/mol. The molecule has 1 aliphatic heterocycles. The van der Waals surface area contributed by atoms with E-state index in [-0.39, 0.29) is 24.7 Å². The summed E-state index contributed by atoms with van der Waals surface area (Å²) in [5, 5.41) is 14.7. The van der Waals surface area contributed by atoms with E-state index in [4.69, 9.17) is 4.74 Å². The number of amides is 1. The molecule has 0 aliphatic carbocycles. The third-order valence-electron chi connectivity index (χ3n) is 7.00.